The van der Waals surface area contributed by atoms with E-state index in [1.165, 1.54) is 16.3 Å². The van der Waals surface area contributed by atoms with Crippen molar-refractivity contribution >= 4 is 23.4 Å². The van der Waals surface area contributed by atoms with Crippen LogP contribution in [-0.4, -0.2) is 35.9 Å². The van der Waals surface area contributed by atoms with Gasteiger partial charge in [-0.15, -0.1) is 10.2 Å². The van der Waals surface area contributed by atoms with E-state index in [1.807, 2.05) is 11.6 Å². The first kappa shape index (κ1) is 16.1. The molecule has 4 rings (SSSR count). The number of nitrogens with zero attached hydrogens (tertiary/aromatic N) is 4. The van der Waals surface area contributed by atoms with Gasteiger partial charge in [0.2, 0.25) is 0 Å². The van der Waals surface area contributed by atoms with Crippen molar-refractivity contribution in [1.82, 2.24) is 24.3 Å². The zero-order chi connectivity index (χ0) is 17.7. The van der Waals surface area contributed by atoms with Crippen molar-refractivity contribution in [2.24, 2.45) is 7.05 Å². The van der Waals surface area contributed by atoms with Crippen LogP contribution in [0.4, 0.5) is 5.82 Å². The molecule has 2 aromatic heterocycles. The van der Waals surface area contributed by atoms with Crippen LogP contribution in [0.15, 0.2) is 14.7 Å². The summed E-state index contributed by atoms with van der Waals surface area (Å²) in [5, 5.41) is 8.90. The van der Waals surface area contributed by atoms with Crippen molar-refractivity contribution in [3.63, 3.8) is 0 Å². The molecule has 0 atom stereocenters. The fraction of sp³-hybridized carbons (Fsp3) is 0.533. The molecule has 2 aromatic rings. The molecule has 2 aliphatic rings. The Balaban J connectivity index is 1.56. The molecular formula is C15H18N6O3S. The van der Waals surface area contributed by atoms with Gasteiger partial charge in [0.25, 0.3) is 5.56 Å². The molecule has 25 heavy (non-hydrogen) atoms. The van der Waals surface area contributed by atoms with Crippen LogP contribution in [-0.2, 0) is 7.05 Å². The lowest BCUT2D eigenvalue weighted by Gasteiger charge is -2.10. The number of H-pyrrole nitrogens is 1. The van der Waals surface area contributed by atoms with Gasteiger partial charge in [-0.2, -0.15) is 0 Å². The van der Waals surface area contributed by atoms with Crippen LogP contribution in [0.2, 0.25) is 0 Å². The van der Waals surface area contributed by atoms with Crippen molar-refractivity contribution < 1.29 is 4.79 Å². The van der Waals surface area contributed by atoms with Crippen LogP contribution in [0.5, 0.6) is 0 Å². The number of thioether (sulfide) groups is 1. The average molecular weight is 362 g/mol. The topological polar surface area (TPSA) is 129 Å². The molecule has 2 saturated carbocycles. The number of rotatable bonds is 6. The van der Waals surface area contributed by atoms with Gasteiger partial charge in [-0.05, 0) is 25.7 Å². The maximum absolute atomic E-state index is 12.5. The molecule has 2 aliphatic carbocycles. The number of Topliss-reactive ketones (excluding diaryl/α,β-unsaturated/α-hetero) is 1. The zero-order valence-electron chi connectivity index (χ0n) is 13.7. The minimum Gasteiger partial charge on any atom is -0.384 e. The molecule has 2 heterocycles. The third kappa shape index (κ3) is 2.90. The van der Waals surface area contributed by atoms with E-state index in [0.29, 0.717) is 11.1 Å². The molecule has 10 heteroatoms. The number of carbonyl (C=O) groups excluding carboxylic acids is 1. The Labute approximate surface area is 146 Å². The first-order valence-electron chi connectivity index (χ1n) is 8.17. The fourth-order valence-electron chi connectivity index (χ4n) is 2.88. The summed E-state index contributed by atoms with van der Waals surface area (Å²) in [5.41, 5.74) is 4.51. The summed E-state index contributed by atoms with van der Waals surface area (Å²) in [7, 11) is 1.87. The highest BCUT2D eigenvalue weighted by atomic mass is 32.2. The Kier molecular flexibility index (Phi) is 3.78. The van der Waals surface area contributed by atoms with Gasteiger partial charge in [-0.1, -0.05) is 11.8 Å². The smallest absolute Gasteiger partial charge is 0.330 e. The van der Waals surface area contributed by atoms with Crippen LogP contribution in [0.3, 0.4) is 0 Å². The van der Waals surface area contributed by atoms with Crippen molar-refractivity contribution in [1.29, 1.82) is 0 Å². The lowest BCUT2D eigenvalue weighted by Crippen LogP contribution is -2.36. The van der Waals surface area contributed by atoms with Crippen LogP contribution >= 0.6 is 11.8 Å². The monoisotopic (exact) mass is 362 g/mol. The molecular weight excluding hydrogens is 344 g/mol. The second-order valence-corrected chi connectivity index (χ2v) is 7.45. The van der Waals surface area contributed by atoms with Crippen LogP contribution < -0.4 is 17.0 Å². The van der Waals surface area contributed by atoms with E-state index in [0.717, 1.165) is 31.5 Å². The number of aromatic amines is 1. The second kappa shape index (κ2) is 5.87. The molecule has 0 unspecified atom stereocenters. The number of carbonyl (C=O) groups is 1. The van der Waals surface area contributed by atoms with Crippen molar-refractivity contribution in [2.75, 3.05) is 11.5 Å². The molecule has 0 radical (unpaired) electrons. The highest BCUT2D eigenvalue weighted by Gasteiger charge is 2.31. The first-order chi connectivity index (χ1) is 12.0. The predicted octanol–water partition coefficient (Wildman–Crippen LogP) is 0.435. The molecule has 9 nitrogen and oxygen atoms in total. The quantitative estimate of drug-likeness (QED) is 0.563. The van der Waals surface area contributed by atoms with E-state index in [9.17, 15) is 14.4 Å². The zero-order valence-corrected chi connectivity index (χ0v) is 14.5. The Morgan fingerprint density at radius 1 is 1.28 bits per heavy atom. The van der Waals surface area contributed by atoms with Crippen molar-refractivity contribution in [3.8, 4) is 0 Å². The number of nitrogens with two attached hydrogens (primary N) is 1. The molecule has 0 spiro atoms. The number of hydrogen-bond donors (Lipinski definition) is 2. The lowest BCUT2D eigenvalue weighted by molar-refractivity contribution is 0.102. The summed E-state index contributed by atoms with van der Waals surface area (Å²) in [6.45, 7) is 0. The Bertz CT molecular complexity index is 967. The third-order valence-corrected chi connectivity index (χ3v) is 5.54. The summed E-state index contributed by atoms with van der Waals surface area (Å²) in [6.07, 6.45) is 3.87. The summed E-state index contributed by atoms with van der Waals surface area (Å²) in [6, 6.07) is -0.0246. The fourth-order valence-corrected chi connectivity index (χ4v) is 3.67. The number of nitrogens with one attached hydrogen (secondary N) is 1. The normalized spacial score (nSPS) is 17.0. The third-order valence-electron chi connectivity index (χ3n) is 4.52. The largest absolute Gasteiger partial charge is 0.384 e. The van der Waals surface area contributed by atoms with Crippen LogP contribution in [0, 0.1) is 0 Å². The lowest BCUT2D eigenvalue weighted by atomic mass is 10.2. The highest BCUT2D eigenvalue weighted by Crippen LogP contribution is 2.39. The number of hydrogen-bond acceptors (Lipinski definition) is 7. The molecule has 0 saturated heterocycles. The van der Waals surface area contributed by atoms with Gasteiger partial charge in [0.05, 0.1) is 5.75 Å². The highest BCUT2D eigenvalue weighted by molar-refractivity contribution is 7.99. The molecule has 0 bridgehead atoms. The number of ketones is 1. The van der Waals surface area contributed by atoms with Gasteiger partial charge in [0, 0.05) is 19.0 Å². The number of anilines is 1. The van der Waals surface area contributed by atoms with Gasteiger partial charge in [0.1, 0.15) is 17.2 Å². The molecule has 0 aliphatic heterocycles. The van der Waals surface area contributed by atoms with E-state index in [1.54, 1.807) is 0 Å². The molecule has 0 amide bonds. The van der Waals surface area contributed by atoms with E-state index in [2.05, 4.69) is 15.2 Å². The Hall–Kier alpha value is -2.36. The molecule has 0 aromatic carbocycles. The first-order valence-corrected chi connectivity index (χ1v) is 9.15. The van der Waals surface area contributed by atoms with Gasteiger partial charge in [-0.25, -0.2) is 4.79 Å². The van der Waals surface area contributed by atoms with Gasteiger partial charge in [0.15, 0.2) is 10.9 Å². The van der Waals surface area contributed by atoms with E-state index in [4.69, 9.17) is 5.73 Å². The minimum absolute atomic E-state index is 0.00674. The van der Waals surface area contributed by atoms with Crippen LogP contribution in [0.25, 0.3) is 0 Å². The average Bonchev–Trinajstić information content (AvgIpc) is 3.45. The van der Waals surface area contributed by atoms with Gasteiger partial charge >= 0.3 is 5.69 Å². The molecule has 3 N–H and O–H groups in total. The van der Waals surface area contributed by atoms with Crippen molar-refractivity contribution in [2.45, 2.75) is 42.8 Å². The standard InChI is InChI=1S/C15H18N6O3S/c1-20-12(7-2-3-7)18-19-15(20)25-6-9(22)10-11(16)21(8-4-5-8)14(24)17-13(10)23/h7-8H,2-6,16H2,1H3,(H,17,23,24). The predicted molar refractivity (Wildman–Crippen MR) is 92.0 cm³/mol. The van der Waals surface area contributed by atoms with Crippen LogP contribution in [0.1, 0.15) is 53.8 Å². The summed E-state index contributed by atoms with van der Waals surface area (Å²) in [5.74, 6) is 0.928. The maximum Gasteiger partial charge on any atom is 0.330 e. The SMILES string of the molecule is Cn1c(SCC(=O)c2c(N)n(C3CC3)c(=O)[nH]c2=O)nnc1C1CC1. The maximum atomic E-state index is 12.5. The van der Waals surface area contributed by atoms with Gasteiger partial charge < -0.3 is 10.3 Å². The number of nitrogen functional groups attached to an aromatic ring is 1. The minimum atomic E-state index is -0.735. The summed E-state index contributed by atoms with van der Waals surface area (Å²) >= 11 is 1.21. The van der Waals surface area contributed by atoms with E-state index < -0.39 is 17.0 Å². The van der Waals surface area contributed by atoms with E-state index in [-0.39, 0.29) is 23.2 Å². The summed E-state index contributed by atoms with van der Waals surface area (Å²) < 4.78 is 3.20. The Morgan fingerprint density at radius 3 is 2.64 bits per heavy atom. The van der Waals surface area contributed by atoms with E-state index >= 15 is 0 Å². The van der Waals surface area contributed by atoms with Crippen molar-refractivity contribution in [3.05, 3.63) is 32.2 Å². The molecule has 132 valence electrons. The summed E-state index contributed by atoms with van der Waals surface area (Å²) in [4.78, 5) is 38.7. The Morgan fingerprint density at radius 2 is 2.00 bits per heavy atom. The molecule has 2 fully saturated rings. The second-order valence-electron chi connectivity index (χ2n) is 6.51. The van der Waals surface area contributed by atoms with Gasteiger partial charge in [-0.3, -0.25) is 19.1 Å². The number of aromatic nitrogens is 5.